The molecule has 1 fully saturated rings. The van der Waals surface area contributed by atoms with E-state index < -0.39 is 0 Å². The van der Waals surface area contributed by atoms with E-state index in [-0.39, 0.29) is 6.04 Å². The zero-order valence-corrected chi connectivity index (χ0v) is 11.1. The minimum atomic E-state index is 0.205. The molecule has 1 aromatic rings. The molecule has 0 radical (unpaired) electrons. The lowest BCUT2D eigenvalue weighted by Crippen LogP contribution is -2.43. The number of hydrogen-bond donors (Lipinski definition) is 1. The van der Waals surface area contributed by atoms with Crippen LogP contribution in [0.3, 0.4) is 0 Å². The number of hydrogen-bond acceptors (Lipinski definition) is 5. The molecule has 3 rings (SSSR count). The predicted molar refractivity (Wildman–Crippen MR) is 73.9 cm³/mol. The van der Waals surface area contributed by atoms with Crippen LogP contribution in [0.2, 0.25) is 0 Å². The van der Waals surface area contributed by atoms with Gasteiger partial charge in [-0.05, 0) is 38.1 Å². The van der Waals surface area contributed by atoms with Gasteiger partial charge in [0.05, 0.1) is 12.6 Å². The third-order valence-electron chi connectivity index (χ3n) is 3.58. The van der Waals surface area contributed by atoms with Crippen molar-refractivity contribution < 1.29 is 4.84 Å². The highest BCUT2D eigenvalue weighted by atomic mass is 16.6. The Balaban J connectivity index is 1.66. The van der Waals surface area contributed by atoms with Crippen molar-refractivity contribution in [2.24, 2.45) is 4.99 Å². The molecule has 5 heteroatoms. The molecule has 19 heavy (non-hydrogen) atoms. The molecule has 2 aliphatic rings. The first-order valence-corrected chi connectivity index (χ1v) is 7.01. The second-order valence-electron chi connectivity index (χ2n) is 5.12. The minimum Gasteiger partial charge on any atom is -0.301 e. The predicted octanol–water partition coefficient (Wildman–Crippen LogP) is 1.22. The average Bonchev–Trinajstić information content (AvgIpc) is 2.49. The molecule has 3 heterocycles. The van der Waals surface area contributed by atoms with Crippen molar-refractivity contribution in [1.29, 1.82) is 0 Å². The Labute approximate surface area is 113 Å². The summed E-state index contributed by atoms with van der Waals surface area (Å²) < 4.78 is 0. The number of likely N-dealkylation sites (tertiary alicyclic amines) is 1. The highest BCUT2D eigenvalue weighted by Crippen LogP contribution is 2.12. The molecule has 1 atom stereocenters. The summed E-state index contributed by atoms with van der Waals surface area (Å²) in [6.07, 6.45) is 5.75. The lowest BCUT2D eigenvalue weighted by Gasteiger charge is -2.30. The Bertz CT molecular complexity index is 428. The van der Waals surface area contributed by atoms with Gasteiger partial charge in [-0.3, -0.25) is 14.8 Å². The normalized spacial score (nSPS) is 24.6. The van der Waals surface area contributed by atoms with Gasteiger partial charge in [0, 0.05) is 12.7 Å². The van der Waals surface area contributed by atoms with Crippen LogP contribution in [0, 0.1) is 0 Å². The van der Waals surface area contributed by atoms with E-state index in [0.717, 1.165) is 18.1 Å². The summed E-state index contributed by atoms with van der Waals surface area (Å²) in [5.41, 5.74) is 3.71. The Morgan fingerprint density at radius 1 is 1.26 bits per heavy atom. The molecule has 5 nitrogen and oxygen atoms in total. The number of piperidine rings is 1. The van der Waals surface area contributed by atoms with Gasteiger partial charge in [-0.15, -0.1) is 0 Å². The SMILES string of the molecule is c1ccc(C2=NC(CN3CCCCC3)CON2)nc1. The van der Waals surface area contributed by atoms with Crippen molar-refractivity contribution in [2.75, 3.05) is 26.2 Å². The van der Waals surface area contributed by atoms with Gasteiger partial charge in [0.1, 0.15) is 5.69 Å². The maximum absolute atomic E-state index is 5.44. The van der Waals surface area contributed by atoms with Crippen LogP contribution in [0.15, 0.2) is 29.4 Å². The largest absolute Gasteiger partial charge is 0.301 e. The Kier molecular flexibility index (Phi) is 4.05. The summed E-state index contributed by atoms with van der Waals surface area (Å²) in [7, 11) is 0. The minimum absolute atomic E-state index is 0.205. The third-order valence-corrected chi connectivity index (χ3v) is 3.58. The summed E-state index contributed by atoms with van der Waals surface area (Å²) in [5, 5.41) is 0. The van der Waals surface area contributed by atoms with Gasteiger partial charge in [-0.25, -0.2) is 5.48 Å². The van der Waals surface area contributed by atoms with Crippen molar-refractivity contribution in [2.45, 2.75) is 25.3 Å². The zero-order chi connectivity index (χ0) is 12.9. The van der Waals surface area contributed by atoms with Gasteiger partial charge in [0.15, 0.2) is 5.84 Å². The number of hydroxylamine groups is 1. The molecule has 0 saturated carbocycles. The summed E-state index contributed by atoms with van der Waals surface area (Å²) in [4.78, 5) is 17.0. The van der Waals surface area contributed by atoms with E-state index in [1.165, 1.54) is 32.4 Å². The van der Waals surface area contributed by atoms with Gasteiger partial charge in [0.25, 0.3) is 0 Å². The van der Waals surface area contributed by atoms with E-state index >= 15 is 0 Å². The fourth-order valence-corrected chi connectivity index (χ4v) is 2.61. The standard InChI is InChI=1S/C14H20N4O/c1-4-8-18(9-5-1)10-12-11-19-17-14(16-12)13-6-2-3-7-15-13/h2-3,6-7,12H,1,4-5,8-11H2,(H,16,17). The third kappa shape index (κ3) is 3.30. The molecule has 0 amide bonds. The van der Waals surface area contributed by atoms with Crippen molar-refractivity contribution in [1.82, 2.24) is 15.4 Å². The number of amidine groups is 1. The number of aromatic nitrogens is 1. The first-order chi connectivity index (χ1) is 9.42. The van der Waals surface area contributed by atoms with E-state index in [9.17, 15) is 0 Å². The second kappa shape index (κ2) is 6.12. The Hall–Kier alpha value is -1.46. The maximum Gasteiger partial charge on any atom is 0.171 e. The number of nitrogens with one attached hydrogen (secondary N) is 1. The van der Waals surface area contributed by atoms with E-state index in [2.05, 4.69) is 15.4 Å². The summed E-state index contributed by atoms with van der Waals surface area (Å²) >= 11 is 0. The summed E-state index contributed by atoms with van der Waals surface area (Å²) in [6, 6.07) is 6.01. The van der Waals surface area contributed by atoms with Crippen LogP contribution < -0.4 is 5.48 Å². The lowest BCUT2D eigenvalue weighted by molar-refractivity contribution is 0.0511. The van der Waals surface area contributed by atoms with Crippen LogP contribution in [0.4, 0.5) is 0 Å². The summed E-state index contributed by atoms with van der Waals surface area (Å²) in [5.74, 6) is 0.744. The van der Waals surface area contributed by atoms with Crippen molar-refractivity contribution in [3.05, 3.63) is 30.1 Å². The second-order valence-corrected chi connectivity index (χ2v) is 5.12. The van der Waals surface area contributed by atoms with Gasteiger partial charge in [0.2, 0.25) is 0 Å². The number of pyridine rings is 1. The molecule has 1 unspecified atom stereocenters. The number of aliphatic imine (C=N–C) groups is 1. The Morgan fingerprint density at radius 3 is 2.95 bits per heavy atom. The summed E-state index contributed by atoms with van der Waals surface area (Å²) in [6.45, 7) is 4.00. The van der Waals surface area contributed by atoms with Crippen molar-refractivity contribution >= 4 is 5.84 Å². The molecule has 1 saturated heterocycles. The monoisotopic (exact) mass is 260 g/mol. The van der Waals surface area contributed by atoms with E-state index in [4.69, 9.17) is 9.83 Å². The number of rotatable bonds is 3. The van der Waals surface area contributed by atoms with Gasteiger partial charge >= 0.3 is 0 Å². The maximum atomic E-state index is 5.44. The molecule has 1 aromatic heterocycles. The highest BCUT2D eigenvalue weighted by Gasteiger charge is 2.21. The van der Waals surface area contributed by atoms with E-state index in [1.807, 2.05) is 18.2 Å². The van der Waals surface area contributed by atoms with Crippen LogP contribution in [0.5, 0.6) is 0 Å². The first-order valence-electron chi connectivity index (χ1n) is 7.01. The molecule has 2 aliphatic heterocycles. The van der Waals surface area contributed by atoms with Gasteiger partial charge in [-0.1, -0.05) is 12.5 Å². The van der Waals surface area contributed by atoms with Crippen LogP contribution in [0.25, 0.3) is 0 Å². The molecule has 0 spiro atoms. The van der Waals surface area contributed by atoms with Crippen LogP contribution >= 0.6 is 0 Å². The molecule has 102 valence electrons. The van der Waals surface area contributed by atoms with Crippen LogP contribution in [-0.4, -0.2) is 48.0 Å². The molecule has 0 aliphatic carbocycles. The number of nitrogens with zero attached hydrogens (tertiary/aromatic N) is 3. The van der Waals surface area contributed by atoms with Crippen molar-refractivity contribution in [3.63, 3.8) is 0 Å². The van der Waals surface area contributed by atoms with Gasteiger partial charge < -0.3 is 4.90 Å². The van der Waals surface area contributed by atoms with Crippen LogP contribution in [-0.2, 0) is 4.84 Å². The molecule has 1 N–H and O–H groups in total. The van der Waals surface area contributed by atoms with E-state index in [1.54, 1.807) is 6.20 Å². The first kappa shape index (κ1) is 12.6. The highest BCUT2D eigenvalue weighted by molar-refractivity contribution is 5.96. The quantitative estimate of drug-likeness (QED) is 0.887. The average molecular weight is 260 g/mol. The molecule has 0 aromatic carbocycles. The topological polar surface area (TPSA) is 49.8 Å². The van der Waals surface area contributed by atoms with Gasteiger partial charge in [-0.2, -0.15) is 0 Å². The van der Waals surface area contributed by atoms with Crippen LogP contribution in [0.1, 0.15) is 25.0 Å². The van der Waals surface area contributed by atoms with E-state index in [0.29, 0.717) is 6.61 Å². The lowest BCUT2D eigenvalue weighted by atomic mass is 10.1. The zero-order valence-electron chi connectivity index (χ0n) is 11.1. The fourth-order valence-electron chi connectivity index (χ4n) is 2.61. The molecular formula is C14H20N4O. The van der Waals surface area contributed by atoms with Crippen molar-refractivity contribution in [3.8, 4) is 0 Å². The molecular weight excluding hydrogens is 240 g/mol. The smallest absolute Gasteiger partial charge is 0.171 e. The fraction of sp³-hybridized carbons (Fsp3) is 0.571. The Morgan fingerprint density at radius 2 is 2.16 bits per heavy atom. The molecule has 0 bridgehead atoms.